The van der Waals surface area contributed by atoms with E-state index in [9.17, 15) is 0 Å². The number of hydrogen-bond donors (Lipinski definition) is 0. The minimum absolute atomic E-state index is 0.187. The van der Waals surface area contributed by atoms with Crippen LogP contribution in [0.25, 0.3) is 38.6 Å². The van der Waals surface area contributed by atoms with E-state index in [4.69, 9.17) is 0 Å². The highest BCUT2D eigenvalue weighted by atomic mass is 15.3. The first kappa shape index (κ1) is 27.1. The van der Waals surface area contributed by atoms with Gasteiger partial charge in [-0.15, -0.1) is 0 Å². The van der Waals surface area contributed by atoms with Gasteiger partial charge in [-0.2, -0.15) is 0 Å². The van der Waals surface area contributed by atoms with Gasteiger partial charge in [0.05, 0.1) is 33.8 Å². The van der Waals surface area contributed by atoms with Gasteiger partial charge in [0.2, 0.25) is 0 Å². The summed E-state index contributed by atoms with van der Waals surface area (Å²) < 4.78 is 2.42. The third kappa shape index (κ3) is 3.64. The van der Waals surface area contributed by atoms with Gasteiger partial charge in [-0.05, 0) is 82.9 Å². The molecule has 228 valence electrons. The van der Waals surface area contributed by atoms with Crippen LogP contribution in [0.4, 0.5) is 34.1 Å². The minimum Gasteiger partial charge on any atom is -0.309 e. The maximum absolute atomic E-state index is 2.51. The number of para-hydroxylation sites is 4. The minimum atomic E-state index is -0.187. The number of fused-ring (bicyclic) bond motifs is 9. The van der Waals surface area contributed by atoms with Gasteiger partial charge in [0.15, 0.2) is 0 Å². The molecule has 0 saturated carbocycles. The summed E-state index contributed by atoms with van der Waals surface area (Å²) in [5.41, 5.74) is 15.7. The average Bonchev–Trinajstić information content (AvgIpc) is 3.60. The lowest BCUT2D eigenvalue weighted by molar-refractivity contribution is 0.660. The molecule has 0 atom stereocenters. The molecule has 0 spiro atoms. The molecule has 1 aromatic heterocycles. The zero-order chi connectivity index (χ0) is 32.0. The normalized spacial score (nSPS) is 14.1. The van der Waals surface area contributed by atoms with Gasteiger partial charge in [0.1, 0.15) is 0 Å². The van der Waals surface area contributed by atoms with Crippen molar-refractivity contribution in [2.24, 2.45) is 0 Å². The van der Waals surface area contributed by atoms with Crippen LogP contribution in [0.5, 0.6) is 0 Å². The molecular formula is C45H33N3. The molecule has 10 rings (SSSR count). The molecule has 0 bridgehead atoms. The predicted molar refractivity (Wildman–Crippen MR) is 201 cm³/mol. The molecule has 0 saturated heterocycles. The van der Waals surface area contributed by atoms with Gasteiger partial charge >= 0.3 is 0 Å². The van der Waals surface area contributed by atoms with Crippen molar-refractivity contribution in [2.45, 2.75) is 19.3 Å². The van der Waals surface area contributed by atoms with E-state index in [2.05, 4.69) is 192 Å². The van der Waals surface area contributed by atoms with Crippen LogP contribution in [0, 0.1) is 0 Å². The summed E-state index contributed by atoms with van der Waals surface area (Å²) in [6.07, 6.45) is 0. The van der Waals surface area contributed by atoms with Gasteiger partial charge < -0.3 is 14.4 Å². The summed E-state index contributed by atoms with van der Waals surface area (Å²) in [6.45, 7) is 4.77. The van der Waals surface area contributed by atoms with Crippen LogP contribution >= 0.6 is 0 Å². The van der Waals surface area contributed by atoms with Crippen molar-refractivity contribution in [3.8, 4) is 16.8 Å². The van der Waals surface area contributed by atoms with E-state index in [1.54, 1.807) is 0 Å². The molecule has 48 heavy (non-hydrogen) atoms. The quantitative estimate of drug-likeness (QED) is 0.196. The first-order chi connectivity index (χ1) is 23.6. The first-order valence-electron chi connectivity index (χ1n) is 16.7. The molecule has 1 aliphatic carbocycles. The van der Waals surface area contributed by atoms with E-state index in [1.807, 2.05) is 0 Å². The molecular weight excluding hydrogens is 583 g/mol. The Labute approximate surface area is 280 Å². The van der Waals surface area contributed by atoms with Gasteiger partial charge in [0.25, 0.3) is 0 Å². The summed E-state index contributed by atoms with van der Waals surface area (Å²) in [5.74, 6) is 0. The lowest BCUT2D eigenvalue weighted by Crippen LogP contribution is -2.28. The largest absolute Gasteiger partial charge is 0.309 e. The molecule has 0 unspecified atom stereocenters. The third-order valence-electron chi connectivity index (χ3n) is 10.4. The molecule has 0 amide bonds. The fourth-order valence-electron chi connectivity index (χ4n) is 8.41. The van der Waals surface area contributed by atoms with Crippen LogP contribution in [0.15, 0.2) is 164 Å². The maximum Gasteiger partial charge on any atom is 0.0750 e. The highest BCUT2D eigenvalue weighted by Crippen LogP contribution is 2.62. The molecule has 8 aromatic rings. The Balaban J connectivity index is 1.31. The molecule has 0 fully saturated rings. The van der Waals surface area contributed by atoms with Crippen molar-refractivity contribution >= 4 is 55.9 Å². The highest BCUT2D eigenvalue weighted by Gasteiger charge is 2.43. The second-order valence-electron chi connectivity index (χ2n) is 13.4. The summed E-state index contributed by atoms with van der Waals surface area (Å²) >= 11 is 0. The number of hydrogen-bond acceptors (Lipinski definition) is 2. The standard InChI is InChI=1S/C45H33N3/c1-45(2)37-22-12-9-19-33(37)36-26-28-41-44(43(36)45)48(31-17-7-4-8-18-31)40-27-25-32(29-42(40)46(41)30-15-5-3-6-16-30)47-38-23-13-10-20-34(38)35-21-11-14-24-39(35)47/h3-29H,1-2H3. The van der Waals surface area contributed by atoms with Gasteiger partial charge in [0, 0.05) is 33.2 Å². The number of benzene rings is 7. The van der Waals surface area contributed by atoms with E-state index in [-0.39, 0.29) is 5.41 Å². The number of rotatable bonds is 3. The van der Waals surface area contributed by atoms with E-state index in [0.29, 0.717) is 0 Å². The van der Waals surface area contributed by atoms with Crippen LogP contribution < -0.4 is 9.80 Å². The second-order valence-corrected chi connectivity index (χ2v) is 13.4. The van der Waals surface area contributed by atoms with Gasteiger partial charge in [-0.3, -0.25) is 0 Å². The highest BCUT2D eigenvalue weighted by molar-refractivity contribution is 6.10. The Bertz CT molecular complexity index is 2490. The second kappa shape index (κ2) is 9.97. The Hall–Kier alpha value is -6.06. The van der Waals surface area contributed by atoms with Gasteiger partial charge in [-0.1, -0.05) is 117 Å². The summed E-state index contributed by atoms with van der Waals surface area (Å²) in [4.78, 5) is 4.98. The van der Waals surface area contributed by atoms with E-state index in [1.165, 1.54) is 55.4 Å². The van der Waals surface area contributed by atoms with E-state index < -0.39 is 0 Å². The number of nitrogens with zero attached hydrogens (tertiary/aromatic N) is 3. The van der Waals surface area contributed by atoms with E-state index >= 15 is 0 Å². The predicted octanol–water partition coefficient (Wildman–Crippen LogP) is 12.3. The molecule has 7 aromatic carbocycles. The Morgan fingerprint density at radius 3 is 1.67 bits per heavy atom. The van der Waals surface area contributed by atoms with Crippen molar-refractivity contribution in [1.82, 2.24) is 4.57 Å². The maximum atomic E-state index is 2.51. The van der Waals surface area contributed by atoms with Crippen LogP contribution in [0.2, 0.25) is 0 Å². The lowest BCUT2D eigenvalue weighted by atomic mass is 9.80. The monoisotopic (exact) mass is 615 g/mol. The fourth-order valence-corrected chi connectivity index (χ4v) is 8.41. The van der Waals surface area contributed by atoms with Crippen molar-refractivity contribution < 1.29 is 0 Å². The molecule has 0 radical (unpaired) electrons. The number of aromatic nitrogens is 1. The smallest absolute Gasteiger partial charge is 0.0750 e. The van der Waals surface area contributed by atoms with Crippen molar-refractivity contribution in [3.05, 3.63) is 175 Å². The molecule has 2 heterocycles. The van der Waals surface area contributed by atoms with Crippen LogP contribution in [0.1, 0.15) is 25.0 Å². The summed E-state index contributed by atoms with van der Waals surface area (Å²) in [6, 6.07) is 59.8. The van der Waals surface area contributed by atoms with Crippen molar-refractivity contribution in [1.29, 1.82) is 0 Å². The summed E-state index contributed by atoms with van der Waals surface area (Å²) in [5, 5.41) is 2.53. The zero-order valence-electron chi connectivity index (χ0n) is 26.9. The molecule has 3 nitrogen and oxygen atoms in total. The average molecular weight is 616 g/mol. The van der Waals surface area contributed by atoms with Gasteiger partial charge in [-0.25, -0.2) is 0 Å². The fraction of sp³-hybridized carbons (Fsp3) is 0.0667. The molecule has 2 aliphatic rings. The molecule has 3 heteroatoms. The first-order valence-corrected chi connectivity index (χ1v) is 16.7. The van der Waals surface area contributed by atoms with Crippen molar-refractivity contribution in [2.75, 3.05) is 9.80 Å². The Morgan fingerprint density at radius 2 is 0.979 bits per heavy atom. The van der Waals surface area contributed by atoms with Crippen molar-refractivity contribution in [3.63, 3.8) is 0 Å². The zero-order valence-corrected chi connectivity index (χ0v) is 26.9. The Morgan fingerprint density at radius 1 is 0.417 bits per heavy atom. The van der Waals surface area contributed by atoms with Crippen LogP contribution in [-0.2, 0) is 5.41 Å². The molecule has 1 aliphatic heterocycles. The lowest BCUT2D eigenvalue weighted by Gasteiger charge is -2.43. The summed E-state index contributed by atoms with van der Waals surface area (Å²) in [7, 11) is 0. The number of anilines is 6. The van der Waals surface area contributed by atoms with Crippen LogP contribution in [-0.4, -0.2) is 4.57 Å². The van der Waals surface area contributed by atoms with Crippen LogP contribution in [0.3, 0.4) is 0 Å². The molecule has 0 N–H and O–H groups in total. The third-order valence-corrected chi connectivity index (χ3v) is 10.4. The SMILES string of the molecule is CC1(C)c2ccccc2-c2ccc3c(c21)N(c1ccccc1)c1ccc(-n2c4ccccc4c4ccccc42)cc1N3c1ccccc1. The van der Waals surface area contributed by atoms with E-state index in [0.717, 1.165) is 28.4 Å². The topological polar surface area (TPSA) is 11.4 Å². The Kier molecular flexibility index (Phi) is 5.63.